The van der Waals surface area contributed by atoms with E-state index in [0.717, 1.165) is 0 Å². The molecule has 0 aliphatic rings. The van der Waals surface area contributed by atoms with E-state index < -0.39 is 29.9 Å². The van der Waals surface area contributed by atoms with Crippen molar-refractivity contribution in [1.82, 2.24) is 5.32 Å². The van der Waals surface area contributed by atoms with Crippen molar-refractivity contribution in [2.75, 3.05) is 5.75 Å². The second kappa shape index (κ2) is 7.07. The lowest BCUT2D eigenvalue weighted by Gasteiger charge is -2.15. The fourth-order valence-electron chi connectivity index (χ4n) is 0.874. The molecule has 0 spiro atoms. The molecule has 8 heteroatoms. The minimum atomic E-state index is -1.21. The molecule has 0 saturated heterocycles. The summed E-state index contributed by atoms with van der Waals surface area (Å²) in [7, 11) is 0. The highest BCUT2D eigenvalue weighted by Gasteiger charge is 2.22. The first-order valence-electron chi connectivity index (χ1n) is 4.50. The van der Waals surface area contributed by atoms with E-state index in [9.17, 15) is 14.4 Å². The second-order valence-corrected chi connectivity index (χ2v) is 3.49. The maximum atomic E-state index is 11.3. The molecule has 0 rings (SSSR count). The van der Waals surface area contributed by atoms with Gasteiger partial charge >= 0.3 is 11.9 Å². The number of carbonyl (C=O) groups excluding carboxylic acids is 1. The third kappa shape index (κ3) is 5.56. The smallest absolute Gasteiger partial charge is 0.327 e. The number of nitrogens with one attached hydrogen (secondary N) is 1. The van der Waals surface area contributed by atoms with Gasteiger partial charge in [0.1, 0.15) is 6.04 Å². The number of nitrogens with two attached hydrogens (primary N) is 1. The molecule has 1 amide bonds. The number of aliphatic carboxylic acids is 2. The summed E-state index contributed by atoms with van der Waals surface area (Å²) in [6.45, 7) is 0. The monoisotopic (exact) mass is 250 g/mol. The highest BCUT2D eigenvalue weighted by atomic mass is 32.1. The quantitative estimate of drug-likeness (QED) is 0.356. The van der Waals surface area contributed by atoms with Gasteiger partial charge in [-0.3, -0.25) is 9.59 Å². The van der Waals surface area contributed by atoms with Crippen molar-refractivity contribution in [3.05, 3.63) is 0 Å². The van der Waals surface area contributed by atoms with E-state index in [0.29, 0.717) is 0 Å². The number of carboxylic acids is 2. The third-order valence-electron chi connectivity index (χ3n) is 1.80. The van der Waals surface area contributed by atoms with Crippen molar-refractivity contribution in [1.29, 1.82) is 0 Å². The summed E-state index contributed by atoms with van der Waals surface area (Å²) in [5, 5.41) is 19.1. The SMILES string of the molecule is N[C@@H](CCC(=O)O)C(=O)N[C@H](CS)C(=O)O. The Morgan fingerprint density at radius 2 is 1.88 bits per heavy atom. The van der Waals surface area contributed by atoms with Crippen LogP contribution in [0.3, 0.4) is 0 Å². The van der Waals surface area contributed by atoms with Crippen molar-refractivity contribution in [3.63, 3.8) is 0 Å². The molecular formula is C8H14N2O5S. The van der Waals surface area contributed by atoms with E-state index in [1.54, 1.807) is 0 Å². The van der Waals surface area contributed by atoms with Gasteiger partial charge in [0, 0.05) is 12.2 Å². The molecule has 0 heterocycles. The molecule has 0 aliphatic carbocycles. The molecule has 5 N–H and O–H groups in total. The van der Waals surface area contributed by atoms with Crippen LogP contribution in [0.15, 0.2) is 0 Å². The lowest BCUT2D eigenvalue weighted by atomic mass is 10.1. The standard InChI is InChI=1S/C8H14N2O5S/c9-4(1-2-6(11)12)7(13)10-5(3-16)8(14)15/h4-5,16H,1-3,9H2,(H,10,13)(H,11,12)(H,14,15)/t4-,5+/m0/s1. The van der Waals surface area contributed by atoms with Crippen LogP contribution in [0.1, 0.15) is 12.8 Å². The highest BCUT2D eigenvalue weighted by molar-refractivity contribution is 7.80. The summed E-state index contributed by atoms with van der Waals surface area (Å²) in [6, 6.07) is -2.15. The average molecular weight is 250 g/mol. The second-order valence-electron chi connectivity index (χ2n) is 3.12. The molecule has 0 aliphatic heterocycles. The van der Waals surface area contributed by atoms with Crippen molar-refractivity contribution in [2.24, 2.45) is 5.73 Å². The Morgan fingerprint density at radius 1 is 1.31 bits per heavy atom. The Kier molecular flexibility index (Phi) is 6.50. The van der Waals surface area contributed by atoms with E-state index in [1.165, 1.54) is 0 Å². The Labute approximate surface area is 97.4 Å². The number of thiol groups is 1. The lowest BCUT2D eigenvalue weighted by molar-refractivity contribution is -0.141. The minimum Gasteiger partial charge on any atom is -0.481 e. The fraction of sp³-hybridized carbons (Fsp3) is 0.625. The van der Waals surface area contributed by atoms with Gasteiger partial charge in [-0.1, -0.05) is 0 Å². The van der Waals surface area contributed by atoms with Crippen LogP contribution in [0.4, 0.5) is 0 Å². The summed E-state index contributed by atoms with van der Waals surface area (Å²) >= 11 is 3.75. The summed E-state index contributed by atoms with van der Waals surface area (Å²) in [6.07, 6.45) is -0.284. The molecule has 0 fully saturated rings. The van der Waals surface area contributed by atoms with Gasteiger partial charge in [0.2, 0.25) is 5.91 Å². The van der Waals surface area contributed by atoms with Crippen molar-refractivity contribution in [3.8, 4) is 0 Å². The number of rotatable bonds is 7. The Morgan fingerprint density at radius 3 is 2.25 bits per heavy atom. The van der Waals surface area contributed by atoms with Gasteiger partial charge in [-0.2, -0.15) is 12.6 Å². The summed E-state index contributed by atoms with van der Waals surface area (Å²) in [5.41, 5.74) is 5.38. The molecular weight excluding hydrogens is 236 g/mol. The van der Waals surface area contributed by atoms with Gasteiger partial charge in [-0.05, 0) is 6.42 Å². The number of amides is 1. The Balaban J connectivity index is 4.13. The van der Waals surface area contributed by atoms with Gasteiger partial charge < -0.3 is 21.3 Å². The van der Waals surface area contributed by atoms with Crippen LogP contribution in [0.5, 0.6) is 0 Å². The first kappa shape index (κ1) is 14.7. The summed E-state index contributed by atoms with van der Waals surface area (Å²) < 4.78 is 0. The molecule has 0 aromatic rings. The van der Waals surface area contributed by atoms with E-state index >= 15 is 0 Å². The maximum absolute atomic E-state index is 11.3. The average Bonchev–Trinajstić information content (AvgIpc) is 2.21. The normalized spacial score (nSPS) is 13.9. The predicted octanol–water partition coefficient (Wildman–Crippen LogP) is -1.32. The molecule has 0 unspecified atom stereocenters. The first-order valence-corrected chi connectivity index (χ1v) is 5.13. The van der Waals surface area contributed by atoms with E-state index in [-0.39, 0.29) is 18.6 Å². The van der Waals surface area contributed by atoms with E-state index in [4.69, 9.17) is 15.9 Å². The molecule has 0 bridgehead atoms. The minimum absolute atomic E-state index is 0.0416. The van der Waals surface area contributed by atoms with Crippen LogP contribution in [0.2, 0.25) is 0 Å². The number of carboxylic acid groups (broad SMARTS) is 2. The van der Waals surface area contributed by atoms with E-state index in [1.807, 2.05) is 0 Å². The van der Waals surface area contributed by atoms with Gasteiger partial charge in [-0.15, -0.1) is 0 Å². The van der Waals surface area contributed by atoms with Gasteiger partial charge in [0.25, 0.3) is 0 Å². The molecule has 0 aromatic heterocycles. The van der Waals surface area contributed by atoms with Crippen LogP contribution < -0.4 is 11.1 Å². The topological polar surface area (TPSA) is 130 Å². The zero-order chi connectivity index (χ0) is 12.7. The summed E-state index contributed by atoms with van der Waals surface area (Å²) in [4.78, 5) is 32.1. The molecule has 0 saturated carbocycles. The molecule has 0 radical (unpaired) electrons. The van der Waals surface area contributed by atoms with Crippen LogP contribution in [-0.2, 0) is 14.4 Å². The van der Waals surface area contributed by atoms with E-state index in [2.05, 4.69) is 17.9 Å². The molecule has 7 nitrogen and oxygen atoms in total. The predicted molar refractivity (Wildman–Crippen MR) is 58.3 cm³/mol. The molecule has 16 heavy (non-hydrogen) atoms. The van der Waals surface area contributed by atoms with Crippen LogP contribution >= 0.6 is 12.6 Å². The van der Waals surface area contributed by atoms with Gasteiger partial charge in [0.15, 0.2) is 0 Å². The van der Waals surface area contributed by atoms with Gasteiger partial charge in [-0.25, -0.2) is 4.79 Å². The van der Waals surface area contributed by atoms with Crippen molar-refractivity contribution in [2.45, 2.75) is 24.9 Å². The number of carbonyl (C=O) groups is 3. The van der Waals surface area contributed by atoms with Gasteiger partial charge in [0.05, 0.1) is 6.04 Å². The Hall–Kier alpha value is -1.28. The highest BCUT2D eigenvalue weighted by Crippen LogP contribution is 1.96. The van der Waals surface area contributed by atoms with Crippen molar-refractivity contribution >= 4 is 30.5 Å². The fourth-order valence-corrected chi connectivity index (χ4v) is 1.12. The zero-order valence-electron chi connectivity index (χ0n) is 8.42. The van der Waals surface area contributed by atoms with Crippen LogP contribution in [0, 0.1) is 0 Å². The molecule has 92 valence electrons. The summed E-state index contributed by atoms with van der Waals surface area (Å²) in [5.74, 6) is -3.03. The number of hydrogen-bond donors (Lipinski definition) is 5. The molecule has 2 atom stereocenters. The van der Waals surface area contributed by atoms with Crippen LogP contribution in [0.25, 0.3) is 0 Å². The third-order valence-corrected chi connectivity index (χ3v) is 2.17. The lowest BCUT2D eigenvalue weighted by Crippen LogP contribution is -2.49. The zero-order valence-corrected chi connectivity index (χ0v) is 9.31. The largest absolute Gasteiger partial charge is 0.481 e. The molecule has 0 aromatic carbocycles. The van der Waals surface area contributed by atoms with Crippen LogP contribution in [-0.4, -0.2) is 45.9 Å². The first-order chi connectivity index (χ1) is 7.38. The Bertz CT molecular complexity index is 284. The van der Waals surface area contributed by atoms with Crippen molar-refractivity contribution < 1.29 is 24.6 Å². The maximum Gasteiger partial charge on any atom is 0.327 e. The number of hydrogen-bond acceptors (Lipinski definition) is 5.